The molecule has 1 N–H and O–H groups in total. The standard InChI is InChI=1S/C23H18O4/c1-15-6-5-7-16(12-15)14-27-23-18(17-8-3-2-4-9-17)13-20-21(22(23)25)19(24)10-11-26-20/h2-13,25H,14H2,1H3. The zero-order valence-corrected chi connectivity index (χ0v) is 14.8. The summed E-state index contributed by atoms with van der Waals surface area (Å²) in [5.41, 5.74) is 3.65. The summed E-state index contributed by atoms with van der Waals surface area (Å²) in [6.45, 7) is 2.29. The molecular weight excluding hydrogens is 340 g/mol. The van der Waals surface area contributed by atoms with E-state index in [1.165, 1.54) is 12.3 Å². The number of hydrogen-bond acceptors (Lipinski definition) is 4. The highest BCUT2D eigenvalue weighted by molar-refractivity contribution is 5.93. The summed E-state index contributed by atoms with van der Waals surface area (Å²) < 4.78 is 11.4. The minimum absolute atomic E-state index is 0.122. The van der Waals surface area contributed by atoms with Gasteiger partial charge in [0.2, 0.25) is 0 Å². The summed E-state index contributed by atoms with van der Waals surface area (Å²) in [5, 5.41) is 10.9. The summed E-state index contributed by atoms with van der Waals surface area (Å²) in [7, 11) is 0. The number of fused-ring (bicyclic) bond motifs is 1. The van der Waals surface area contributed by atoms with Crippen LogP contribution in [-0.4, -0.2) is 5.11 Å². The molecule has 4 heteroatoms. The zero-order valence-electron chi connectivity index (χ0n) is 14.8. The summed E-state index contributed by atoms with van der Waals surface area (Å²) in [4.78, 5) is 12.2. The van der Waals surface area contributed by atoms with Gasteiger partial charge in [-0.2, -0.15) is 0 Å². The smallest absolute Gasteiger partial charge is 0.196 e. The topological polar surface area (TPSA) is 59.7 Å². The Balaban J connectivity index is 1.87. The van der Waals surface area contributed by atoms with Gasteiger partial charge in [0.05, 0.1) is 6.26 Å². The summed E-state index contributed by atoms with van der Waals surface area (Å²) in [6, 6.07) is 20.5. The minimum Gasteiger partial charge on any atom is -0.504 e. The average Bonchev–Trinajstić information content (AvgIpc) is 2.68. The number of phenolic OH excluding ortho intramolecular Hbond substituents is 1. The number of aromatic hydroxyl groups is 1. The maximum absolute atomic E-state index is 12.2. The lowest BCUT2D eigenvalue weighted by Crippen LogP contribution is -2.03. The van der Waals surface area contributed by atoms with Crippen LogP contribution in [0, 0.1) is 6.92 Å². The van der Waals surface area contributed by atoms with Gasteiger partial charge in [-0.15, -0.1) is 0 Å². The van der Waals surface area contributed by atoms with E-state index in [2.05, 4.69) is 0 Å². The molecule has 0 atom stereocenters. The Bertz CT molecular complexity index is 1160. The van der Waals surface area contributed by atoms with E-state index >= 15 is 0 Å². The molecule has 0 radical (unpaired) electrons. The maximum Gasteiger partial charge on any atom is 0.196 e. The van der Waals surface area contributed by atoms with Crippen molar-refractivity contribution in [2.24, 2.45) is 0 Å². The molecule has 27 heavy (non-hydrogen) atoms. The molecule has 4 aromatic rings. The van der Waals surface area contributed by atoms with Crippen molar-refractivity contribution in [1.29, 1.82) is 0 Å². The average molecular weight is 358 g/mol. The lowest BCUT2D eigenvalue weighted by molar-refractivity contribution is 0.291. The van der Waals surface area contributed by atoms with E-state index in [1.807, 2.05) is 61.5 Å². The van der Waals surface area contributed by atoms with Gasteiger partial charge in [0.25, 0.3) is 0 Å². The number of hydrogen-bond donors (Lipinski definition) is 1. The van der Waals surface area contributed by atoms with E-state index in [9.17, 15) is 9.90 Å². The monoisotopic (exact) mass is 358 g/mol. The van der Waals surface area contributed by atoms with E-state index in [-0.39, 0.29) is 28.9 Å². The fourth-order valence-corrected chi connectivity index (χ4v) is 3.15. The SMILES string of the molecule is Cc1cccc(COc2c(-c3ccccc3)cc3occc(=O)c3c2O)c1. The summed E-state index contributed by atoms with van der Waals surface area (Å²) >= 11 is 0. The molecule has 1 aromatic heterocycles. The Morgan fingerprint density at radius 1 is 1.00 bits per heavy atom. The highest BCUT2D eigenvalue weighted by Gasteiger charge is 2.19. The third-order valence-electron chi connectivity index (χ3n) is 4.43. The van der Waals surface area contributed by atoms with E-state index in [0.717, 1.165) is 16.7 Å². The molecule has 0 bridgehead atoms. The first kappa shape index (κ1) is 16.9. The van der Waals surface area contributed by atoms with Crippen LogP contribution in [0.4, 0.5) is 0 Å². The molecule has 0 aliphatic rings. The zero-order chi connectivity index (χ0) is 18.8. The predicted molar refractivity (Wildman–Crippen MR) is 105 cm³/mol. The van der Waals surface area contributed by atoms with Gasteiger partial charge in [-0.1, -0.05) is 60.2 Å². The highest BCUT2D eigenvalue weighted by atomic mass is 16.5. The molecule has 0 saturated carbocycles. The van der Waals surface area contributed by atoms with Gasteiger partial charge in [-0.05, 0) is 24.1 Å². The van der Waals surface area contributed by atoms with Crippen LogP contribution in [0.5, 0.6) is 11.5 Å². The van der Waals surface area contributed by atoms with Crippen LogP contribution in [0.1, 0.15) is 11.1 Å². The van der Waals surface area contributed by atoms with Crippen LogP contribution in [0.25, 0.3) is 22.1 Å². The number of ether oxygens (including phenoxy) is 1. The maximum atomic E-state index is 12.2. The van der Waals surface area contributed by atoms with Crippen molar-refractivity contribution < 1.29 is 14.3 Å². The fourth-order valence-electron chi connectivity index (χ4n) is 3.15. The van der Waals surface area contributed by atoms with Crippen molar-refractivity contribution in [3.63, 3.8) is 0 Å². The molecule has 0 saturated heterocycles. The van der Waals surface area contributed by atoms with Gasteiger partial charge in [0, 0.05) is 11.6 Å². The van der Waals surface area contributed by atoms with Crippen LogP contribution in [0.3, 0.4) is 0 Å². The second kappa shape index (κ2) is 7.00. The lowest BCUT2D eigenvalue weighted by atomic mass is 10.0. The lowest BCUT2D eigenvalue weighted by Gasteiger charge is -2.15. The van der Waals surface area contributed by atoms with E-state index in [1.54, 1.807) is 6.07 Å². The van der Waals surface area contributed by atoms with Crippen LogP contribution in [0.15, 0.2) is 82.2 Å². The first-order valence-electron chi connectivity index (χ1n) is 8.65. The van der Waals surface area contributed by atoms with Crippen LogP contribution >= 0.6 is 0 Å². The third kappa shape index (κ3) is 3.29. The molecule has 1 heterocycles. The van der Waals surface area contributed by atoms with Crippen LogP contribution in [-0.2, 0) is 6.61 Å². The molecule has 4 nitrogen and oxygen atoms in total. The molecule has 0 fully saturated rings. The fraction of sp³-hybridized carbons (Fsp3) is 0.0870. The van der Waals surface area contributed by atoms with Gasteiger partial charge in [0.15, 0.2) is 16.9 Å². The van der Waals surface area contributed by atoms with E-state index < -0.39 is 0 Å². The molecule has 0 unspecified atom stereocenters. The van der Waals surface area contributed by atoms with Crippen molar-refractivity contribution in [1.82, 2.24) is 0 Å². The Labute approximate surface area is 156 Å². The Morgan fingerprint density at radius 2 is 1.81 bits per heavy atom. The Kier molecular flexibility index (Phi) is 4.38. The van der Waals surface area contributed by atoms with Gasteiger partial charge in [0.1, 0.15) is 17.6 Å². The quantitative estimate of drug-likeness (QED) is 0.554. The molecule has 0 aliphatic carbocycles. The van der Waals surface area contributed by atoms with Crippen molar-refractivity contribution in [3.8, 4) is 22.6 Å². The van der Waals surface area contributed by atoms with Crippen molar-refractivity contribution in [2.75, 3.05) is 0 Å². The molecule has 0 amide bonds. The molecule has 0 aliphatic heterocycles. The van der Waals surface area contributed by atoms with Crippen LogP contribution < -0.4 is 10.2 Å². The molecule has 134 valence electrons. The largest absolute Gasteiger partial charge is 0.504 e. The predicted octanol–water partition coefficient (Wildman–Crippen LogP) is 5.05. The number of phenols is 1. The molecule has 3 aromatic carbocycles. The minimum atomic E-state index is -0.311. The van der Waals surface area contributed by atoms with Gasteiger partial charge in [-0.3, -0.25) is 4.79 Å². The molecule has 0 spiro atoms. The van der Waals surface area contributed by atoms with Gasteiger partial charge < -0.3 is 14.3 Å². The van der Waals surface area contributed by atoms with E-state index in [4.69, 9.17) is 9.15 Å². The third-order valence-corrected chi connectivity index (χ3v) is 4.43. The summed E-state index contributed by atoms with van der Waals surface area (Å²) in [5.74, 6) is 0.0714. The van der Waals surface area contributed by atoms with Crippen molar-refractivity contribution >= 4 is 11.0 Å². The first-order valence-corrected chi connectivity index (χ1v) is 8.65. The first-order chi connectivity index (χ1) is 13.1. The van der Waals surface area contributed by atoms with Crippen molar-refractivity contribution in [3.05, 3.63) is 94.3 Å². The van der Waals surface area contributed by atoms with Crippen LogP contribution in [0.2, 0.25) is 0 Å². The highest BCUT2D eigenvalue weighted by Crippen LogP contribution is 2.42. The van der Waals surface area contributed by atoms with Gasteiger partial charge >= 0.3 is 0 Å². The van der Waals surface area contributed by atoms with E-state index in [0.29, 0.717) is 11.1 Å². The normalized spacial score (nSPS) is 10.9. The Hall–Kier alpha value is -3.53. The number of rotatable bonds is 4. The summed E-state index contributed by atoms with van der Waals surface area (Å²) in [6.07, 6.45) is 1.33. The molecule has 4 rings (SSSR count). The Morgan fingerprint density at radius 3 is 2.59 bits per heavy atom. The number of aryl methyl sites for hydroxylation is 1. The second-order valence-corrected chi connectivity index (χ2v) is 6.40. The number of benzene rings is 3. The van der Waals surface area contributed by atoms with Gasteiger partial charge in [-0.25, -0.2) is 0 Å². The second-order valence-electron chi connectivity index (χ2n) is 6.40. The molecular formula is C23H18O4. The van der Waals surface area contributed by atoms with Crippen molar-refractivity contribution in [2.45, 2.75) is 13.5 Å².